The lowest BCUT2D eigenvalue weighted by Crippen LogP contribution is -2.50. The predicted molar refractivity (Wildman–Crippen MR) is 106 cm³/mol. The zero-order valence-electron chi connectivity index (χ0n) is 16.6. The molecule has 154 valence electrons. The molecule has 0 spiro atoms. The van der Waals surface area contributed by atoms with Crippen LogP contribution in [0.25, 0.3) is 0 Å². The normalized spacial score (nSPS) is 20.0. The van der Waals surface area contributed by atoms with Crippen LogP contribution in [0.5, 0.6) is 0 Å². The summed E-state index contributed by atoms with van der Waals surface area (Å²) >= 11 is 0. The van der Waals surface area contributed by atoms with Crippen LogP contribution < -0.4 is 5.32 Å². The minimum absolute atomic E-state index is 0.110. The van der Waals surface area contributed by atoms with Gasteiger partial charge in [0.15, 0.2) is 0 Å². The van der Waals surface area contributed by atoms with E-state index >= 15 is 0 Å². The molecule has 8 heteroatoms. The molecule has 0 aliphatic carbocycles. The van der Waals surface area contributed by atoms with Crippen LogP contribution in [0.15, 0.2) is 30.5 Å². The van der Waals surface area contributed by atoms with Crippen molar-refractivity contribution in [3.8, 4) is 0 Å². The molecule has 0 bridgehead atoms. The van der Waals surface area contributed by atoms with E-state index in [1.807, 2.05) is 10.9 Å². The fourth-order valence-electron chi connectivity index (χ4n) is 3.90. The van der Waals surface area contributed by atoms with Gasteiger partial charge in [-0.3, -0.25) is 14.3 Å². The molecule has 2 amide bonds. The molecule has 7 nitrogen and oxygen atoms in total. The minimum Gasteiger partial charge on any atom is -0.335 e. The number of piperazine rings is 1. The van der Waals surface area contributed by atoms with Gasteiger partial charge in [-0.1, -0.05) is 6.07 Å². The van der Waals surface area contributed by atoms with Crippen molar-refractivity contribution >= 4 is 11.8 Å². The maximum Gasteiger partial charge on any atom is 0.274 e. The van der Waals surface area contributed by atoms with E-state index in [0.717, 1.165) is 25.9 Å². The van der Waals surface area contributed by atoms with Crippen LogP contribution in [0.4, 0.5) is 4.39 Å². The van der Waals surface area contributed by atoms with E-state index in [2.05, 4.69) is 10.4 Å². The standard InChI is InChI=1S/C21H26FN5O2/c1-15-4-5-16(13-18(15)22)20(28)25-9-11-26(12-10-25)21(29)19-6-8-27(24-19)17-3-2-7-23-14-17/h4-6,8,13,17,23H,2-3,7,9-12,14H2,1H3. The molecular weight excluding hydrogens is 373 g/mol. The molecule has 29 heavy (non-hydrogen) atoms. The summed E-state index contributed by atoms with van der Waals surface area (Å²) in [5.41, 5.74) is 1.30. The van der Waals surface area contributed by atoms with Crippen molar-refractivity contribution in [1.82, 2.24) is 24.9 Å². The number of nitrogens with one attached hydrogen (secondary N) is 1. The molecule has 2 aromatic rings. The summed E-state index contributed by atoms with van der Waals surface area (Å²) < 4.78 is 15.6. The lowest BCUT2D eigenvalue weighted by atomic mass is 10.1. The van der Waals surface area contributed by atoms with Crippen LogP contribution in [0.2, 0.25) is 0 Å². The van der Waals surface area contributed by atoms with Gasteiger partial charge >= 0.3 is 0 Å². The second kappa shape index (κ2) is 8.32. The van der Waals surface area contributed by atoms with Gasteiger partial charge in [0.25, 0.3) is 11.8 Å². The Morgan fingerprint density at radius 2 is 1.83 bits per heavy atom. The van der Waals surface area contributed by atoms with Gasteiger partial charge in [0.2, 0.25) is 0 Å². The lowest BCUT2D eigenvalue weighted by molar-refractivity contribution is 0.0531. The van der Waals surface area contributed by atoms with Gasteiger partial charge in [-0.2, -0.15) is 5.10 Å². The van der Waals surface area contributed by atoms with Crippen LogP contribution >= 0.6 is 0 Å². The van der Waals surface area contributed by atoms with E-state index in [1.54, 1.807) is 34.9 Å². The summed E-state index contributed by atoms with van der Waals surface area (Å²) in [6.45, 7) is 5.30. The predicted octanol–water partition coefficient (Wildman–Crippen LogP) is 1.85. The maximum absolute atomic E-state index is 13.8. The minimum atomic E-state index is -0.381. The first-order chi connectivity index (χ1) is 14.0. The highest BCUT2D eigenvalue weighted by Gasteiger charge is 2.27. The summed E-state index contributed by atoms with van der Waals surface area (Å²) in [6.07, 6.45) is 4.04. The van der Waals surface area contributed by atoms with E-state index in [0.29, 0.717) is 43.0 Å². The van der Waals surface area contributed by atoms with Gasteiger partial charge in [0.1, 0.15) is 11.5 Å². The van der Waals surface area contributed by atoms with Gasteiger partial charge in [-0.05, 0) is 50.1 Å². The number of aryl methyl sites for hydroxylation is 1. The van der Waals surface area contributed by atoms with E-state index in [9.17, 15) is 14.0 Å². The lowest BCUT2D eigenvalue weighted by Gasteiger charge is -2.34. The molecule has 1 atom stereocenters. The number of hydrogen-bond donors (Lipinski definition) is 1. The zero-order chi connectivity index (χ0) is 20.4. The Labute approximate surface area is 169 Å². The van der Waals surface area contributed by atoms with Gasteiger partial charge in [0.05, 0.1) is 6.04 Å². The number of hydrogen-bond acceptors (Lipinski definition) is 4. The fourth-order valence-corrected chi connectivity index (χ4v) is 3.90. The number of carbonyl (C=O) groups excluding carboxylic acids is 2. The van der Waals surface area contributed by atoms with Crippen LogP contribution in [0, 0.1) is 12.7 Å². The summed E-state index contributed by atoms with van der Waals surface area (Å²) in [5, 5.41) is 7.85. The summed E-state index contributed by atoms with van der Waals surface area (Å²) in [5.74, 6) is -0.695. The molecule has 2 aliphatic rings. The van der Waals surface area contributed by atoms with Gasteiger partial charge in [-0.15, -0.1) is 0 Å². The largest absolute Gasteiger partial charge is 0.335 e. The van der Waals surface area contributed by atoms with Crippen LogP contribution in [0.1, 0.15) is 45.3 Å². The van der Waals surface area contributed by atoms with E-state index in [-0.39, 0.29) is 23.7 Å². The van der Waals surface area contributed by atoms with Crippen molar-refractivity contribution in [3.63, 3.8) is 0 Å². The van der Waals surface area contributed by atoms with Crippen LogP contribution in [0.3, 0.4) is 0 Å². The topological polar surface area (TPSA) is 70.5 Å². The van der Waals surface area contributed by atoms with Crippen molar-refractivity contribution in [2.45, 2.75) is 25.8 Å². The maximum atomic E-state index is 13.8. The number of carbonyl (C=O) groups is 2. The number of piperidine rings is 1. The quantitative estimate of drug-likeness (QED) is 0.855. The molecule has 2 aliphatic heterocycles. The highest BCUT2D eigenvalue weighted by atomic mass is 19.1. The molecule has 1 aromatic heterocycles. The van der Waals surface area contributed by atoms with Gasteiger partial charge < -0.3 is 15.1 Å². The second-order valence-corrected chi connectivity index (χ2v) is 7.73. The SMILES string of the molecule is Cc1ccc(C(=O)N2CCN(C(=O)c3ccn(C4CCCNC4)n3)CC2)cc1F. The first-order valence-electron chi connectivity index (χ1n) is 10.1. The first kappa shape index (κ1) is 19.6. The van der Waals surface area contributed by atoms with E-state index in [1.165, 1.54) is 6.07 Å². The third kappa shape index (κ3) is 4.17. The Morgan fingerprint density at radius 1 is 1.10 bits per heavy atom. The van der Waals surface area contributed by atoms with Crippen molar-refractivity contribution in [1.29, 1.82) is 0 Å². The molecule has 2 fully saturated rings. The Balaban J connectivity index is 1.35. The molecule has 1 N–H and O–H groups in total. The highest BCUT2D eigenvalue weighted by molar-refractivity contribution is 5.95. The molecule has 2 saturated heterocycles. The molecule has 4 rings (SSSR count). The van der Waals surface area contributed by atoms with Crippen molar-refractivity contribution in [3.05, 3.63) is 53.1 Å². The number of nitrogens with zero attached hydrogens (tertiary/aromatic N) is 4. The third-order valence-corrected chi connectivity index (χ3v) is 5.75. The average Bonchev–Trinajstić information content (AvgIpc) is 3.26. The first-order valence-corrected chi connectivity index (χ1v) is 10.1. The Bertz CT molecular complexity index is 898. The molecule has 0 radical (unpaired) electrons. The Hall–Kier alpha value is -2.74. The average molecular weight is 399 g/mol. The smallest absolute Gasteiger partial charge is 0.274 e. The number of rotatable bonds is 3. The van der Waals surface area contributed by atoms with Crippen molar-refractivity contribution < 1.29 is 14.0 Å². The zero-order valence-corrected chi connectivity index (χ0v) is 16.6. The van der Waals surface area contributed by atoms with Crippen LogP contribution in [-0.4, -0.2) is 70.7 Å². The number of aromatic nitrogens is 2. The Kier molecular flexibility index (Phi) is 5.62. The van der Waals surface area contributed by atoms with Crippen molar-refractivity contribution in [2.75, 3.05) is 39.3 Å². The van der Waals surface area contributed by atoms with Crippen LogP contribution in [-0.2, 0) is 0 Å². The van der Waals surface area contributed by atoms with E-state index < -0.39 is 0 Å². The highest BCUT2D eigenvalue weighted by Crippen LogP contribution is 2.17. The second-order valence-electron chi connectivity index (χ2n) is 7.73. The number of halogens is 1. The third-order valence-electron chi connectivity index (χ3n) is 5.75. The summed E-state index contributed by atoms with van der Waals surface area (Å²) in [4.78, 5) is 28.8. The fraction of sp³-hybridized carbons (Fsp3) is 0.476. The van der Waals surface area contributed by atoms with Gasteiger partial charge in [-0.25, -0.2) is 4.39 Å². The number of benzene rings is 1. The molecule has 0 saturated carbocycles. The van der Waals surface area contributed by atoms with Crippen molar-refractivity contribution in [2.24, 2.45) is 0 Å². The molecule has 1 aromatic carbocycles. The molecule has 1 unspecified atom stereocenters. The Morgan fingerprint density at radius 3 is 2.48 bits per heavy atom. The summed E-state index contributed by atoms with van der Waals surface area (Å²) in [6, 6.07) is 6.59. The van der Waals surface area contributed by atoms with Gasteiger partial charge in [0, 0.05) is 44.5 Å². The monoisotopic (exact) mass is 399 g/mol. The number of amides is 2. The van der Waals surface area contributed by atoms with E-state index in [4.69, 9.17) is 0 Å². The molecule has 3 heterocycles. The molecular formula is C21H26FN5O2. The summed E-state index contributed by atoms with van der Waals surface area (Å²) in [7, 11) is 0.